The van der Waals surface area contributed by atoms with Crippen molar-refractivity contribution >= 4 is 5.97 Å². The monoisotopic (exact) mass is 288 g/mol. The smallest absolute Gasteiger partial charge is 0.325 e. The van der Waals surface area contributed by atoms with Gasteiger partial charge in [-0.1, -0.05) is 36.8 Å². The fraction of sp³-hybridized carbons (Fsp3) is 0.588. The van der Waals surface area contributed by atoms with E-state index >= 15 is 0 Å². The van der Waals surface area contributed by atoms with E-state index in [1.54, 1.807) is 0 Å². The van der Waals surface area contributed by atoms with Crippen LogP contribution in [0.25, 0.3) is 0 Å². The van der Waals surface area contributed by atoms with E-state index in [0.29, 0.717) is 24.9 Å². The molecule has 0 aliphatic carbocycles. The molecule has 2 aliphatic rings. The number of nitrogens with two attached hydrogens (primary N) is 1. The Morgan fingerprint density at radius 3 is 2.48 bits per heavy atom. The number of ether oxygens (including phenoxy) is 1. The van der Waals surface area contributed by atoms with Gasteiger partial charge in [0, 0.05) is 18.6 Å². The average molecular weight is 288 g/mol. The Hall–Kier alpha value is -1.39. The van der Waals surface area contributed by atoms with Crippen LogP contribution in [0.2, 0.25) is 0 Å². The second-order valence-electron chi connectivity index (χ2n) is 6.45. The lowest BCUT2D eigenvalue weighted by Crippen LogP contribution is -2.64. The summed E-state index contributed by atoms with van der Waals surface area (Å²) in [5.41, 5.74) is 6.89. The second-order valence-corrected chi connectivity index (χ2v) is 6.45. The van der Waals surface area contributed by atoms with Gasteiger partial charge in [-0.2, -0.15) is 0 Å². The third-order valence-electron chi connectivity index (χ3n) is 5.01. The Morgan fingerprint density at radius 2 is 1.90 bits per heavy atom. The molecule has 21 heavy (non-hydrogen) atoms. The van der Waals surface area contributed by atoms with Gasteiger partial charge < -0.3 is 10.5 Å². The molecule has 1 aromatic carbocycles. The highest BCUT2D eigenvalue weighted by Gasteiger charge is 2.48. The molecule has 0 spiro atoms. The lowest BCUT2D eigenvalue weighted by Gasteiger charge is -2.51. The molecular weight excluding hydrogens is 264 g/mol. The van der Waals surface area contributed by atoms with E-state index in [0.717, 1.165) is 19.4 Å². The molecule has 3 rings (SSSR count). The van der Waals surface area contributed by atoms with E-state index in [4.69, 9.17) is 10.5 Å². The summed E-state index contributed by atoms with van der Waals surface area (Å²) in [5, 5.41) is 0. The van der Waals surface area contributed by atoms with Crippen molar-refractivity contribution in [3.05, 3.63) is 35.9 Å². The van der Waals surface area contributed by atoms with Gasteiger partial charge in [-0.05, 0) is 31.2 Å². The van der Waals surface area contributed by atoms with Crippen LogP contribution >= 0.6 is 0 Å². The minimum Gasteiger partial charge on any atom is -0.468 e. The van der Waals surface area contributed by atoms with E-state index in [-0.39, 0.29) is 5.97 Å². The maximum Gasteiger partial charge on any atom is 0.325 e. The average Bonchev–Trinajstić information content (AvgIpc) is 2.48. The van der Waals surface area contributed by atoms with Crippen molar-refractivity contribution in [3.63, 3.8) is 0 Å². The van der Waals surface area contributed by atoms with Gasteiger partial charge in [-0.15, -0.1) is 0 Å². The molecule has 0 amide bonds. The Bertz CT molecular complexity index is 489. The van der Waals surface area contributed by atoms with Gasteiger partial charge in [0.05, 0.1) is 7.11 Å². The normalized spacial score (nSPS) is 32.7. The second kappa shape index (κ2) is 5.78. The highest BCUT2D eigenvalue weighted by molar-refractivity contribution is 5.80. The summed E-state index contributed by atoms with van der Waals surface area (Å²) in [7, 11) is 1.43. The maximum absolute atomic E-state index is 12.0. The zero-order chi connectivity index (χ0) is 14.9. The van der Waals surface area contributed by atoms with Crippen LogP contribution in [0.3, 0.4) is 0 Å². The van der Waals surface area contributed by atoms with E-state index in [2.05, 4.69) is 29.2 Å². The Kier molecular flexibility index (Phi) is 4.00. The summed E-state index contributed by atoms with van der Waals surface area (Å²) in [4.78, 5) is 14.6. The van der Waals surface area contributed by atoms with Crippen LogP contribution in [-0.2, 0) is 16.1 Å². The van der Waals surface area contributed by atoms with Crippen molar-refractivity contribution in [2.45, 2.75) is 56.3 Å². The Morgan fingerprint density at radius 1 is 1.29 bits per heavy atom. The molecule has 4 nitrogen and oxygen atoms in total. The first-order chi connectivity index (χ1) is 10.1. The first-order valence-corrected chi connectivity index (χ1v) is 7.79. The number of hydrogen-bond acceptors (Lipinski definition) is 4. The van der Waals surface area contributed by atoms with Gasteiger partial charge >= 0.3 is 5.97 Å². The van der Waals surface area contributed by atoms with Gasteiger partial charge in [-0.25, -0.2) is 0 Å². The number of piperidine rings is 2. The SMILES string of the molecule is COC(=O)C1(N)CC2CCCC(C1)N2Cc1ccccc1. The summed E-state index contributed by atoms with van der Waals surface area (Å²) in [5.74, 6) is -0.251. The highest BCUT2D eigenvalue weighted by atomic mass is 16.5. The van der Waals surface area contributed by atoms with Gasteiger partial charge in [0.15, 0.2) is 0 Å². The van der Waals surface area contributed by atoms with Crippen LogP contribution < -0.4 is 5.73 Å². The zero-order valence-electron chi connectivity index (χ0n) is 12.6. The highest BCUT2D eigenvalue weighted by Crippen LogP contribution is 2.39. The van der Waals surface area contributed by atoms with E-state index in [1.165, 1.54) is 19.1 Å². The van der Waals surface area contributed by atoms with E-state index in [1.807, 2.05) is 6.07 Å². The minimum atomic E-state index is -0.794. The molecule has 2 atom stereocenters. The molecule has 2 N–H and O–H groups in total. The first-order valence-electron chi connectivity index (χ1n) is 7.79. The van der Waals surface area contributed by atoms with Crippen molar-refractivity contribution < 1.29 is 9.53 Å². The van der Waals surface area contributed by atoms with E-state index in [9.17, 15) is 4.79 Å². The summed E-state index contributed by atoms with van der Waals surface area (Å²) < 4.78 is 4.93. The fourth-order valence-corrected chi connectivity index (χ4v) is 4.00. The summed E-state index contributed by atoms with van der Waals surface area (Å²) in [6, 6.07) is 11.3. The van der Waals surface area contributed by atoms with Crippen LogP contribution in [-0.4, -0.2) is 35.6 Å². The molecule has 1 aromatic rings. The fourth-order valence-electron chi connectivity index (χ4n) is 4.00. The zero-order valence-corrected chi connectivity index (χ0v) is 12.6. The van der Waals surface area contributed by atoms with Crippen LogP contribution in [0.5, 0.6) is 0 Å². The Balaban J connectivity index is 1.77. The lowest BCUT2D eigenvalue weighted by molar-refractivity contribution is -0.152. The van der Waals surface area contributed by atoms with Gasteiger partial charge in [0.2, 0.25) is 0 Å². The molecule has 2 unspecified atom stereocenters. The lowest BCUT2D eigenvalue weighted by atomic mass is 9.74. The number of hydrogen-bond donors (Lipinski definition) is 1. The number of esters is 1. The van der Waals surface area contributed by atoms with Crippen LogP contribution in [0.15, 0.2) is 30.3 Å². The number of carbonyl (C=O) groups is 1. The quantitative estimate of drug-likeness (QED) is 0.865. The number of methoxy groups -OCH3 is 1. The maximum atomic E-state index is 12.0. The predicted octanol–water partition coefficient (Wildman–Crippen LogP) is 2.07. The van der Waals surface area contributed by atoms with Crippen molar-refractivity contribution in [1.29, 1.82) is 0 Å². The number of carbonyl (C=O) groups excluding carboxylic acids is 1. The predicted molar refractivity (Wildman–Crippen MR) is 81.6 cm³/mol. The topological polar surface area (TPSA) is 55.6 Å². The van der Waals surface area contributed by atoms with Crippen LogP contribution in [0, 0.1) is 0 Å². The molecule has 4 heteroatoms. The van der Waals surface area contributed by atoms with E-state index < -0.39 is 5.54 Å². The van der Waals surface area contributed by atoms with Crippen molar-refractivity contribution in [2.24, 2.45) is 5.73 Å². The molecular formula is C17H24N2O2. The van der Waals surface area contributed by atoms with Crippen molar-refractivity contribution in [1.82, 2.24) is 4.90 Å². The standard InChI is InChI=1S/C17H24N2O2/c1-21-16(20)17(18)10-14-8-5-9-15(11-17)19(14)12-13-6-3-2-4-7-13/h2-4,6-7,14-15H,5,8-12,18H2,1H3. The van der Waals surface area contributed by atoms with Crippen molar-refractivity contribution in [2.75, 3.05) is 7.11 Å². The first kappa shape index (κ1) is 14.5. The third-order valence-corrected chi connectivity index (χ3v) is 5.01. The number of rotatable bonds is 3. The molecule has 2 fully saturated rings. The Labute approximate surface area is 126 Å². The third kappa shape index (κ3) is 2.83. The summed E-state index contributed by atoms with van der Waals surface area (Å²) >= 11 is 0. The molecule has 0 aromatic heterocycles. The van der Waals surface area contributed by atoms with Gasteiger partial charge in [0.1, 0.15) is 5.54 Å². The molecule has 2 saturated heterocycles. The molecule has 0 radical (unpaired) electrons. The van der Waals surface area contributed by atoms with Crippen LogP contribution in [0.4, 0.5) is 0 Å². The number of benzene rings is 1. The van der Waals surface area contributed by atoms with Crippen molar-refractivity contribution in [3.8, 4) is 0 Å². The summed E-state index contributed by atoms with van der Waals surface area (Å²) in [6.07, 6.45) is 4.91. The van der Waals surface area contributed by atoms with Crippen LogP contribution in [0.1, 0.15) is 37.7 Å². The number of nitrogens with zero attached hydrogens (tertiary/aromatic N) is 1. The molecule has 2 heterocycles. The molecule has 0 saturated carbocycles. The minimum absolute atomic E-state index is 0.251. The number of fused-ring (bicyclic) bond motifs is 2. The molecule has 114 valence electrons. The molecule has 2 aliphatic heterocycles. The summed E-state index contributed by atoms with van der Waals surface area (Å²) in [6.45, 7) is 0.952. The molecule has 2 bridgehead atoms. The largest absolute Gasteiger partial charge is 0.468 e. The van der Waals surface area contributed by atoms with Gasteiger partial charge in [-0.3, -0.25) is 9.69 Å². The van der Waals surface area contributed by atoms with Gasteiger partial charge in [0.25, 0.3) is 0 Å².